The molecule has 0 unspecified atom stereocenters. The van der Waals surface area contributed by atoms with Crippen molar-refractivity contribution in [3.05, 3.63) is 82.4 Å². The van der Waals surface area contributed by atoms with Gasteiger partial charge in [0, 0.05) is 24.2 Å². The zero-order valence-electron chi connectivity index (χ0n) is 19.8. The minimum Gasteiger partial charge on any atom is -0.493 e. The van der Waals surface area contributed by atoms with Gasteiger partial charge in [0.05, 0.1) is 36.8 Å². The molecule has 0 saturated heterocycles. The van der Waals surface area contributed by atoms with Gasteiger partial charge in [0.1, 0.15) is 6.54 Å². The van der Waals surface area contributed by atoms with Crippen LogP contribution in [0, 0.1) is 10.1 Å². The van der Waals surface area contributed by atoms with Gasteiger partial charge in [-0.25, -0.2) is 8.42 Å². The van der Waals surface area contributed by atoms with Crippen LogP contribution in [-0.2, 0) is 21.4 Å². The van der Waals surface area contributed by atoms with Gasteiger partial charge in [-0.05, 0) is 30.3 Å². The first-order chi connectivity index (χ1) is 17.2. The van der Waals surface area contributed by atoms with E-state index in [2.05, 4.69) is 5.32 Å². The smallest absolute Gasteiger partial charge is 0.271 e. The van der Waals surface area contributed by atoms with E-state index in [0.717, 1.165) is 10.4 Å². The van der Waals surface area contributed by atoms with Gasteiger partial charge in [0.15, 0.2) is 11.5 Å². The van der Waals surface area contributed by atoms with Gasteiger partial charge in [-0.15, -0.1) is 0 Å². The second kappa shape index (κ2) is 11.4. The quantitative estimate of drug-likeness (QED) is 0.304. The van der Waals surface area contributed by atoms with Crippen LogP contribution in [-0.4, -0.2) is 47.1 Å². The molecule has 3 rings (SSSR count). The van der Waals surface area contributed by atoms with Crippen molar-refractivity contribution in [2.24, 2.45) is 0 Å². The maximum Gasteiger partial charge on any atom is 0.271 e. The molecule has 0 aliphatic carbocycles. The maximum absolute atomic E-state index is 13.4. The third kappa shape index (κ3) is 5.66. The molecule has 0 aliphatic heterocycles. The molecule has 0 radical (unpaired) electrons. The number of rotatable bonds is 11. The van der Waals surface area contributed by atoms with Gasteiger partial charge in [-0.3, -0.25) is 19.2 Å². The number of ether oxygens (including phenoxy) is 3. The molecule has 0 aliphatic rings. The fourth-order valence-corrected chi connectivity index (χ4v) is 4.91. The Bertz CT molecular complexity index is 1350. The molecule has 3 aromatic rings. The number of amides is 1. The van der Waals surface area contributed by atoms with E-state index in [-0.39, 0.29) is 22.8 Å². The van der Waals surface area contributed by atoms with Crippen molar-refractivity contribution in [3.8, 4) is 17.2 Å². The third-order valence-electron chi connectivity index (χ3n) is 5.21. The van der Waals surface area contributed by atoms with E-state index < -0.39 is 27.4 Å². The van der Waals surface area contributed by atoms with E-state index in [1.54, 1.807) is 30.3 Å². The summed E-state index contributed by atoms with van der Waals surface area (Å²) in [4.78, 5) is 23.5. The number of carbonyl (C=O) groups excluding carboxylic acids is 1. The first kappa shape index (κ1) is 26.3. The Morgan fingerprint density at radius 3 is 2.25 bits per heavy atom. The highest BCUT2D eigenvalue weighted by molar-refractivity contribution is 7.92. The molecule has 1 amide bonds. The van der Waals surface area contributed by atoms with Crippen LogP contribution >= 0.6 is 0 Å². The molecule has 0 saturated carbocycles. The van der Waals surface area contributed by atoms with E-state index in [9.17, 15) is 23.3 Å². The lowest BCUT2D eigenvalue weighted by Gasteiger charge is -2.24. The van der Waals surface area contributed by atoms with Crippen molar-refractivity contribution in [1.82, 2.24) is 5.32 Å². The molecule has 0 fully saturated rings. The number of nitro groups is 1. The summed E-state index contributed by atoms with van der Waals surface area (Å²) in [7, 11) is 0.158. The lowest BCUT2D eigenvalue weighted by molar-refractivity contribution is -0.384. The van der Waals surface area contributed by atoms with Crippen LogP contribution in [0.15, 0.2) is 71.6 Å². The van der Waals surface area contributed by atoms with Gasteiger partial charge in [-0.2, -0.15) is 0 Å². The third-order valence-corrected chi connectivity index (χ3v) is 7.00. The highest BCUT2D eigenvalue weighted by Gasteiger charge is 2.28. The van der Waals surface area contributed by atoms with Crippen molar-refractivity contribution in [3.63, 3.8) is 0 Å². The molecule has 11 nitrogen and oxygen atoms in total. The number of hydrogen-bond donors (Lipinski definition) is 1. The number of benzene rings is 3. The molecule has 1 N–H and O–H groups in total. The molecular weight excluding hydrogens is 490 g/mol. The standard InChI is InChI=1S/C24H25N3O8S/c1-33-21-13-12-17(23(34-2)24(21)35-3)15-25-22(28)16-26(18-8-7-9-19(14-18)27(29)30)36(31,32)20-10-5-4-6-11-20/h4-14H,15-16H2,1-3H3,(H,25,28). The number of carbonyl (C=O) groups is 1. The Morgan fingerprint density at radius 2 is 1.64 bits per heavy atom. The summed E-state index contributed by atoms with van der Waals surface area (Å²) in [6.45, 7) is -0.621. The average Bonchev–Trinajstić information content (AvgIpc) is 2.90. The summed E-state index contributed by atoms with van der Waals surface area (Å²) in [5.41, 5.74) is 0.236. The van der Waals surface area contributed by atoms with Gasteiger partial charge < -0.3 is 19.5 Å². The number of hydrogen-bond acceptors (Lipinski definition) is 8. The van der Waals surface area contributed by atoms with Crippen LogP contribution in [0.4, 0.5) is 11.4 Å². The van der Waals surface area contributed by atoms with E-state index in [1.165, 1.54) is 51.7 Å². The summed E-state index contributed by atoms with van der Waals surface area (Å²) in [6.07, 6.45) is 0. The van der Waals surface area contributed by atoms with Gasteiger partial charge >= 0.3 is 0 Å². The zero-order valence-corrected chi connectivity index (χ0v) is 20.7. The Morgan fingerprint density at radius 1 is 0.944 bits per heavy atom. The van der Waals surface area contributed by atoms with Gasteiger partial charge in [-0.1, -0.05) is 24.3 Å². The monoisotopic (exact) mass is 515 g/mol. The van der Waals surface area contributed by atoms with Crippen molar-refractivity contribution < 1.29 is 32.3 Å². The van der Waals surface area contributed by atoms with Gasteiger partial charge in [0.25, 0.3) is 15.7 Å². The summed E-state index contributed by atoms with van der Waals surface area (Å²) in [5, 5.41) is 13.9. The van der Waals surface area contributed by atoms with Crippen LogP contribution in [0.25, 0.3) is 0 Å². The SMILES string of the molecule is COc1ccc(CNC(=O)CN(c2cccc([N+](=O)[O-])c2)S(=O)(=O)c2ccccc2)c(OC)c1OC. The van der Waals surface area contributed by atoms with Crippen molar-refractivity contribution >= 4 is 27.3 Å². The molecule has 0 atom stereocenters. The van der Waals surface area contributed by atoms with Crippen molar-refractivity contribution in [2.75, 3.05) is 32.2 Å². The number of methoxy groups -OCH3 is 3. The Balaban J connectivity index is 1.91. The highest BCUT2D eigenvalue weighted by Crippen LogP contribution is 2.39. The maximum atomic E-state index is 13.4. The number of sulfonamides is 1. The van der Waals surface area contributed by atoms with E-state index in [0.29, 0.717) is 22.8 Å². The van der Waals surface area contributed by atoms with Crippen LogP contribution in [0.1, 0.15) is 5.56 Å². The highest BCUT2D eigenvalue weighted by atomic mass is 32.2. The van der Waals surface area contributed by atoms with Gasteiger partial charge in [0.2, 0.25) is 11.7 Å². The minimum absolute atomic E-state index is 0.00345. The first-order valence-electron chi connectivity index (χ1n) is 10.6. The Hall–Kier alpha value is -4.32. The molecule has 12 heteroatoms. The number of anilines is 1. The van der Waals surface area contributed by atoms with Crippen LogP contribution < -0.4 is 23.8 Å². The number of nitrogens with one attached hydrogen (secondary N) is 1. The lowest BCUT2D eigenvalue weighted by atomic mass is 10.1. The minimum atomic E-state index is -4.22. The molecule has 0 heterocycles. The summed E-state index contributed by atoms with van der Waals surface area (Å²) in [5.74, 6) is 0.495. The fourth-order valence-electron chi connectivity index (χ4n) is 3.48. The summed E-state index contributed by atoms with van der Waals surface area (Å²) >= 11 is 0. The summed E-state index contributed by atoms with van der Waals surface area (Å²) < 4.78 is 43.7. The largest absolute Gasteiger partial charge is 0.493 e. The molecule has 36 heavy (non-hydrogen) atoms. The van der Waals surface area contributed by atoms with E-state index in [1.807, 2.05) is 0 Å². The molecule has 0 bridgehead atoms. The Labute approximate surface area is 208 Å². The molecule has 0 spiro atoms. The topological polar surface area (TPSA) is 137 Å². The van der Waals surface area contributed by atoms with Crippen LogP contribution in [0.3, 0.4) is 0 Å². The predicted octanol–water partition coefficient (Wildman–Crippen LogP) is 3.13. The number of nitrogens with zero attached hydrogens (tertiary/aromatic N) is 2. The second-order valence-electron chi connectivity index (χ2n) is 7.37. The zero-order chi connectivity index (χ0) is 26.3. The lowest BCUT2D eigenvalue weighted by Crippen LogP contribution is -2.40. The van der Waals surface area contributed by atoms with E-state index >= 15 is 0 Å². The first-order valence-corrected chi connectivity index (χ1v) is 12.0. The molecular formula is C24H25N3O8S. The second-order valence-corrected chi connectivity index (χ2v) is 9.23. The number of nitro benzene ring substituents is 1. The predicted molar refractivity (Wildman–Crippen MR) is 132 cm³/mol. The Kier molecular flexibility index (Phi) is 8.33. The van der Waals surface area contributed by atoms with Crippen molar-refractivity contribution in [2.45, 2.75) is 11.4 Å². The van der Waals surface area contributed by atoms with Crippen LogP contribution in [0.2, 0.25) is 0 Å². The van der Waals surface area contributed by atoms with Crippen LogP contribution in [0.5, 0.6) is 17.2 Å². The molecule has 3 aromatic carbocycles. The molecule has 190 valence electrons. The van der Waals surface area contributed by atoms with E-state index in [4.69, 9.17) is 14.2 Å². The molecule has 0 aromatic heterocycles. The summed E-state index contributed by atoms with van der Waals surface area (Å²) in [6, 6.07) is 15.9. The normalized spacial score (nSPS) is 10.9. The fraction of sp³-hybridized carbons (Fsp3) is 0.208. The van der Waals surface area contributed by atoms with Crippen molar-refractivity contribution in [1.29, 1.82) is 0 Å². The number of non-ortho nitro benzene ring substituents is 1. The average molecular weight is 516 g/mol.